The van der Waals surface area contributed by atoms with Crippen molar-refractivity contribution in [2.45, 2.75) is 19.1 Å². The maximum atomic E-state index is 5.85. The Kier molecular flexibility index (Phi) is 5.39. The molecule has 0 saturated carbocycles. The Morgan fingerprint density at radius 3 is 2.65 bits per heavy atom. The van der Waals surface area contributed by atoms with E-state index in [-0.39, 0.29) is 6.04 Å². The van der Waals surface area contributed by atoms with Gasteiger partial charge in [-0.25, -0.2) is 0 Å². The summed E-state index contributed by atoms with van der Waals surface area (Å²) in [5.41, 5.74) is 2.40. The summed E-state index contributed by atoms with van der Waals surface area (Å²) >= 11 is 0. The van der Waals surface area contributed by atoms with Crippen molar-refractivity contribution in [2.75, 3.05) is 7.05 Å². The van der Waals surface area contributed by atoms with Crippen molar-refractivity contribution in [2.24, 2.45) is 0 Å². The highest BCUT2D eigenvalue weighted by molar-refractivity contribution is 5.31. The summed E-state index contributed by atoms with van der Waals surface area (Å²) in [6.07, 6.45) is 2.83. The summed E-state index contributed by atoms with van der Waals surface area (Å²) in [5.74, 6) is 0.899. The van der Waals surface area contributed by atoms with Crippen molar-refractivity contribution in [3.05, 3.63) is 78.4 Å². The van der Waals surface area contributed by atoms with Gasteiger partial charge in [0.15, 0.2) is 0 Å². The van der Waals surface area contributed by atoms with Gasteiger partial charge in [-0.3, -0.25) is 0 Å². The van der Waals surface area contributed by atoms with Crippen LogP contribution in [0.1, 0.15) is 23.6 Å². The Bertz CT molecular complexity index is 536. The first-order valence-corrected chi connectivity index (χ1v) is 6.88. The lowest BCUT2D eigenvalue weighted by Gasteiger charge is -2.16. The monoisotopic (exact) mass is 267 g/mol. The van der Waals surface area contributed by atoms with E-state index in [0.29, 0.717) is 6.61 Å². The lowest BCUT2D eigenvalue weighted by molar-refractivity contribution is 0.305. The fourth-order valence-corrected chi connectivity index (χ4v) is 2.15. The number of nitrogens with one attached hydrogen (secondary N) is 1. The molecular weight excluding hydrogens is 246 g/mol. The predicted molar refractivity (Wildman–Crippen MR) is 83.8 cm³/mol. The molecule has 2 rings (SSSR count). The fourth-order valence-electron chi connectivity index (χ4n) is 2.15. The molecule has 2 heteroatoms. The molecule has 2 nitrogen and oxygen atoms in total. The maximum Gasteiger partial charge on any atom is 0.120 e. The summed E-state index contributed by atoms with van der Waals surface area (Å²) in [5, 5.41) is 3.29. The minimum Gasteiger partial charge on any atom is -0.489 e. The molecule has 0 aliphatic heterocycles. The highest BCUT2D eigenvalue weighted by Crippen LogP contribution is 2.22. The first-order valence-electron chi connectivity index (χ1n) is 6.88. The van der Waals surface area contributed by atoms with Crippen LogP contribution < -0.4 is 10.1 Å². The van der Waals surface area contributed by atoms with Crippen molar-refractivity contribution in [1.29, 1.82) is 0 Å². The smallest absolute Gasteiger partial charge is 0.120 e. The van der Waals surface area contributed by atoms with Crippen LogP contribution in [0.15, 0.2) is 67.3 Å². The molecule has 0 aliphatic carbocycles. The van der Waals surface area contributed by atoms with E-state index in [1.54, 1.807) is 0 Å². The Balaban J connectivity index is 2.04. The second kappa shape index (κ2) is 7.51. The zero-order valence-corrected chi connectivity index (χ0v) is 11.9. The van der Waals surface area contributed by atoms with Crippen molar-refractivity contribution in [3.8, 4) is 5.75 Å². The van der Waals surface area contributed by atoms with Gasteiger partial charge in [-0.15, -0.1) is 6.58 Å². The zero-order valence-electron chi connectivity index (χ0n) is 11.9. The van der Waals surface area contributed by atoms with Gasteiger partial charge in [0.25, 0.3) is 0 Å². The van der Waals surface area contributed by atoms with E-state index in [1.807, 2.05) is 43.5 Å². The molecule has 20 heavy (non-hydrogen) atoms. The summed E-state index contributed by atoms with van der Waals surface area (Å²) in [6.45, 7) is 4.39. The molecule has 2 aromatic carbocycles. The Morgan fingerprint density at radius 2 is 1.95 bits per heavy atom. The van der Waals surface area contributed by atoms with Crippen LogP contribution in [0.2, 0.25) is 0 Å². The van der Waals surface area contributed by atoms with E-state index in [1.165, 1.54) is 11.1 Å². The van der Waals surface area contributed by atoms with E-state index < -0.39 is 0 Å². The first kappa shape index (κ1) is 14.4. The van der Waals surface area contributed by atoms with Crippen molar-refractivity contribution in [1.82, 2.24) is 5.32 Å². The van der Waals surface area contributed by atoms with E-state index >= 15 is 0 Å². The second-order valence-electron chi connectivity index (χ2n) is 4.71. The van der Waals surface area contributed by atoms with Gasteiger partial charge in [0.05, 0.1) is 0 Å². The molecule has 0 heterocycles. The van der Waals surface area contributed by atoms with Gasteiger partial charge < -0.3 is 10.1 Å². The highest BCUT2D eigenvalue weighted by Gasteiger charge is 2.07. The van der Waals surface area contributed by atoms with Crippen molar-refractivity contribution in [3.63, 3.8) is 0 Å². The molecule has 0 aromatic heterocycles. The van der Waals surface area contributed by atoms with Crippen LogP contribution in [0.3, 0.4) is 0 Å². The summed E-state index contributed by atoms with van der Waals surface area (Å²) in [6, 6.07) is 18.7. The number of hydrogen-bond donors (Lipinski definition) is 1. The molecule has 0 aliphatic rings. The average Bonchev–Trinajstić information content (AvgIpc) is 2.52. The number of rotatable bonds is 7. The van der Waals surface area contributed by atoms with Gasteiger partial charge in [-0.1, -0.05) is 48.5 Å². The summed E-state index contributed by atoms with van der Waals surface area (Å²) in [4.78, 5) is 0. The SMILES string of the molecule is C=CCC(NC)c1cccc(OCc2ccccc2)c1. The standard InChI is InChI=1S/C18H21NO/c1-3-8-18(19-2)16-11-7-12-17(13-16)20-14-15-9-5-4-6-10-15/h3-7,9-13,18-19H,1,8,14H2,2H3. The molecule has 0 saturated heterocycles. The Morgan fingerprint density at radius 1 is 1.15 bits per heavy atom. The Hall–Kier alpha value is -2.06. The molecule has 0 amide bonds. The van der Waals surface area contributed by atoms with Crippen LogP contribution in [0.4, 0.5) is 0 Å². The van der Waals surface area contributed by atoms with Crippen LogP contribution >= 0.6 is 0 Å². The molecule has 0 spiro atoms. The van der Waals surface area contributed by atoms with Crippen LogP contribution in [-0.4, -0.2) is 7.05 Å². The molecule has 0 fully saturated rings. The summed E-state index contributed by atoms with van der Waals surface area (Å²) < 4.78 is 5.85. The molecule has 2 aromatic rings. The van der Waals surface area contributed by atoms with E-state index in [2.05, 4.69) is 36.2 Å². The number of ether oxygens (including phenoxy) is 1. The van der Waals surface area contributed by atoms with Gasteiger partial charge >= 0.3 is 0 Å². The molecule has 0 radical (unpaired) electrons. The van der Waals surface area contributed by atoms with Crippen LogP contribution in [0, 0.1) is 0 Å². The minimum atomic E-state index is 0.285. The Labute approximate surface area is 121 Å². The van der Waals surface area contributed by atoms with E-state index in [4.69, 9.17) is 4.74 Å². The third-order valence-electron chi connectivity index (χ3n) is 3.26. The van der Waals surface area contributed by atoms with Gasteiger partial charge in [-0.2, -0.15) is 0 Å². The first-order chi connectivity index (χ1) is 9.83. The van der Waals surface area contributed by atoms with Crippen LogP contribution in [-0.2, 0) is 6.61 Å². The highest BCUT2D eigenvalue weighted by atomic mass is 16.5. The maximum absolute atomic E-state index is 5.85. The van der Waals surface area contributed by atoms with Crippen molar-refractivity contribution < 1.29 is 4.74 Å². The molecular formula is C18H21NO. The average molecular weight is 267 g/mol. The third-order valence-corrected chi connectivity index (χ3v) is 3.26. The molecule has 1 N–H and O–H groups in total. The zero-order chi connectivity index (χ0) is 14.2. The second-order valence-corrected chi connectivity index (χ2v) is 4.71. The number of benzene rings is 2. The predicted octanol–water partition coefficient (Wildman–Crippen LogP) is 4.10. The van der Waals surface area contributed by atoms with Crippen molar-refractivity contribution >= 4 is 0 Å². The van der Waals surface area contributed by atoms with Gasteiger partial charge in [0.2, 0.25) is 0 Å². The minimum absolute atomic E-state index is 0.285. The molecule has 1 atom stereocenters. The lowest BCUT2D eigenvalue weighted by atomic mass is 10.0. The largest absolute Gasteiger partial charge is 0.489 e. The molecule has 104 valence electrons. The van der Waals surface area contributed by atoms with Gasteiger partial charge in [0, 0.05) is 6.04 Å². The normalized spacial score (nSPS) is 11.8. The molecule has 1 unspecified atom stereocenters. The topological polar surface area (TPSA) is 21.3 Å². The summed E-state index contributed by atoms with van der Waals surface area (Å²) in [7, 11) is 1.96. The lowest BCUT2D eigenvalue weighted by Crippen LogP contribution is -2.15. The van der Waals surface area contributed by atoms with Gasteiger partial charge in [0.1, 0.15) is 12.4 Å². The van der Waals surface area contributed by atoms with Gasteiger partial charge in [-0.05, 0) is 36.7 Å². The van der Waals surface area contributed by atoms with Crippen LogP contribution in [0.25, 0.3) is 0 Å². The molecule has 0 bridgehead atoms. The number of hydrogen-bond acceptors (Lipinski definition) is 2. The quantitative estimate of drug-likeness (QED) is 0.762. The third kappa shape index (κ3) is 3.97. The van der Waals surface area contributed by atoms with Crippen LogP contribution in [0.5, 0.6) is 5.75 Å². The van der Waals surface area contributed by atoms with E-state index in [0.717, 1.165) is 12.2 Å². The van der Waals surface area contributed by atoms with E-state index in [9.17, 15) is 0 Å². The fraction of sp³-hybridized carbons (Fsp3) is 0.222.